The first-order valence-corrected chi connectivity index (χ1v) is 8.28. The maximum Gasteiger partial charge on any atom is 0.159 e. The second-order valence-corrected chi connectivity index (χ2v) is 5.18. The fraction of sp³-hybridized carbons (Fsp3) is 0.200. The van der Waals surface area contributed by atoms with Gasteiger partial charge in [-0.25, -0.2) is 0 Å². The maximum atomic E-state index is 6.06. The molecule has 0 heterocycles. The average Bonchev–Trinajstić information content (AvgIpc) is 2.40. The summed E-state index contributed by atoms with van der Waals surface area (Å²) in [5, 5.41) is 0. The van der Waals surface area contributed by atoms with Crippen molar-refractivity contribution in [2.75, 3.05) is 5.73 Å². The van der Waals surface area contributed by atoms with Gasteiger partial charge in [-0.15, -0.1) is 0 Å². The summed E-state index contributed by atoms with van der Waals surface area (Å²) in [4.78, 5) is 0. The largest absolute Gasteiger partial charge is 0.418 e. The van der Waals surface area contributed by atoms with Crippen molar-refractivity contribution in [1.29, 1.82) is 0 Å². The minimum atomic E-state index is -0.414. The van der Waals surface area contributed by atoms with Crippen molar-refractivity contribution in [2.24, 2.45) is 0 Å². The summed E-state index contributed by atoms with van der Waals surface area (Å²) in [5.41, 5.74) is 10.3. The third-order valence-electron chi connectivity index (χ3n) is 3.07. The molecule has 0 bridgehead atoms. The molecule has 0 fully saturated rings. The van der Waals surface area contributed by atoms with Crippen molar-refractivity contribution in [3.63, 3.8) is 0 Å². The Morgan fingerprint density at radius 1 is 1.00 bits per heavy atom. The fourth-order valence-corrected chi connectivity index (χ4v) is 2.86. The molecule has 1 unspecified atom stereocenters. The van der Waals surface area contributed by atoms with E-state index in [9.17, 15) is 0 Å². The van der Waals surface area contributed by atoms with Crippen molar-refractivity contribution >= 4 is 15.5 Å². The topological polar surface area (TPSA) is 35.2 Å². The molecule has 0 aromatic heterocycles. The van der Waals surface area contributed by atoms with Gasteiger partial charge in [-0.05, 0) is 24.1 Å². The highest BCUT2D eigenvalue weighted by atomic mass is 28.2. The maximum absolute atomic E-state index is 6.06. The molecule has 2 nitrogen and oxygen atoms in total. The van der Waals surface area contributed by atoms with Crippen molar-refractivity contribution < 1.29 is 4.43 Å². The van der Waals surface area contributed by atoms with Crippen LogP contribution in [0.3, 0.4) is 0 Å². The predicted molar refractivity (Wildman–Crippen MR) is 80.2 cm³/mol. The molecular weight excluding hydrogens is 238 g/mol. The van der Waals surface area contributed by atoms with Crippen LogP contribution >= 0.6 is 0 Å². The Balaban J connectivity index is 2.48. The number of para-hydroxylation sites is 1. The Labute approximate surface area is 111 Å². The fourth-order valence-electron chi connectivity index (χ4n) is 2.18. The van der Waals surface area contributed by atoms with Crippen LogP contribution in [0.1, 0.15) is 18.6 Å². The lowest BCUT2D eigenvalue weighted by molar-refractivity contribution is 0.242. The molecule has 2 aromatic rings. The minimum Gasteiger partial charge on any atom is -0.418 e. The zero-order chi connectivity index (χ0) is 13.0. The van der Waals surface area contributed by atoms with Crippen LogP contribution in [-0.4, -0.2) is 9.76 Å². The second kappa shape index (κ2) is 5.84. The third-order valence-corrected chi connectivity index (χ3v) is 3.90. The lowest BCUT2D eigenvalue weighted by atomic mass is 9.96. The first-order chi connectivity index (χ1) is 8.74. The van der Waals surface area contributed by atoms with Gasteiger partial charge in [0, 0.05) is 11.3 Å². The van der Waals surface area contributed by atoms with Gasteiger partial charge in [0.15, 0.2) is 9.76 Å². The summed E-state index contributed by atoms with van der Waals surface area (Å²) >= 11 is 0. The number of benzene rings is 2. The van der Waals surface area contributed by atoms with Gasteiger partial charge in [-0.2, -0.15) is 0 Å². The van der Waals surface area contributed by atoms with Crippen LogP contribution in [0.25, 0.3) is 11.1 Å². The van der Waals surface area contributed by atoms with Crippen molar-refractivity contribution in [3.05, 3.63) is 54.1 Å². The van der Waals surface area contributed by atoms with Crippen LogP contribution in [0, 0.1) is 0 Å². The van der Waals surface area contributed by atoms with E-state index in [0.29, 0.717) is 0 Å². The van der Waals surface area contributed by atoms with Gasteiger partial charge in [0.1, 0.15) is 0 Å². The van der Waals surface area contributed by atoms with Crippen LogP contribution in [0.5, 0.6) is 0 Å². The van der Waals surface area contributed by atoms with Crippen molar-refractivity contribution in [1.82, 2.24) is 0 Å². The van der Waals surface area contributed by atoms with E-state index in [1.165, 1.54) is 11.1 Å². The van der Waals surface area contributed by atoms with E-state index in [1.54, 1.807) is 0 Å². The first-order valence-electron chi connectivity index (χ1n) is 6.29. The van der Waals surface area contributed by atoms with Crippen LogP contribution in [-0.2, 0) is 4.43 Å². The molecule has 3 heteroatoms. The molecule has 1 atom stereocenters. The molecule has 0 aliphatic rings. The predicted octanol–water partition coefficient (Wildman–Crippen LogP) is 3.15. The summed E-state index contributed by atoms with van der Waals surface area (Å²) in [6.45, 7) is 4.25. The number of hydrogen-bond donors (Lipinski definition) is 1. The Morgan fingerprint density at radius 2 is 1.61 bits per heavy atom. The van der Waals surface area contributed by atoms with Crippen LogP contribution in [0.4, 0.5) is 5.69 Å². The molecule has 94 valence electrons. The Bertz CT molecular complexity index is 527. The quantitative estimate of drug-likeness (QED) is 0.674. The van der Waals surface area contributed by atoms with Crippen molar-refractivity contribution in [2.45, 2.75) is 19.6 Å². The lowest BCUT2D eigenvalue weighted by Gasteiger charge is -2.18. The lowest BCUT2D eigenvalue weighted by Crippen LogP contribution is -2.04. The van der Waals surface area contributed by atoms with E-state index in [2.05, 4.69) is 37.7 Å². The zero-order valence-corrected chi connectivity index (χ0v) is 12.3. The van der Waals surface area contributed by atoms with Crippen LogP contribution < -0.4 is 5.73 Å². The standard InChI is InChI=1S/C15H19NOSi/c1-11(17-18-2)12-7-3-4-8-13(12)14-9-5-6-10-15(14)16/h3-11H,16,18H2,1-2H3. The van der Waals surface area contributed by atoms with Gasteiger partial charge >= 0.3 is 0 Å². The number of nitrogen functional groups attached to an aromatic ring is 1. The number of rotatable bonds is 4. The van der Waals surface area contributed by atoms with Gasteiger partial charge in [0.05, 0.1) is 6.10 Å². The van der Waals surface area contributed by atoms with Gasteiger partial charge < -0.3 is 10.2 Å². The first kappa shape index (κ1) is 12.9. The molecule has 0 radical (unpaired) electrons. The van der Waals surface area contributed by atoms with Crippen LogP contribution in [0.2, 0.25) is 6.55 Å². The molecular formula is C15H19NOSi. The zero-order valence-electron chi connectivity index (χ0n) is 10.9. The summed E-state index contributed by atoms with van der Waals surface area (Å²) in [6.07, 6.45) is 0.137. The molecule has 0 saturated heterocycles. The highest BCUT2D eigenvalue weighted by Gasteiger charge is 2.12. The van der Waals surface area contributed by atoms with E-state index in [1.807, 2.05) is 24.3 Å². The molecule has 0 spiro atoms. The van der Waals surface area contributed by atoms with E-state index < -0.39 is 9.76 Å². The Morgan fingerprint density at radius 3 is 2.28 bits per heavy atom. The van der Waals surface area contributed by atoms with Gasteiger partial charge in [-0.3, -0.25) is 0 Å². The summed E-state index contributed by atoms with van der Waals surface area (Å²) in [5.74, 6) is 0. The summed E-state index contributed by atoms with van der Waals surface area (Å²) in [7, 11) is -0.414. The summed E-state index contributed by atoms with van der Waals surface area (Å²) in [6, 6.07) is 16.3. The van der Waals surface area contributed by atoms with Gasteiger partial charge in [0.25, 0.3) is 0 Å². The van der Waals surface area contributed by atoms with Gasteiger partial charge in [-0.1, -0.05) is 49.0 Å². The molecule has 18 heavy (non-hydrogen) atoms. The highest BCUT2D eigenvalue weighted by Crippen LogP contribution is 2.32. The molecule has 2 rings (SSSR count). The van der Waals surface area contributed by atoms with E-state index in [0.717, 1.165) is 11.3 Å². The van der Waals surface area contributed by atoms with Crippen LogP contribution in [0.15, 0.2) is 48.5 Å². The highest BCUT2D eigenvalue weighted by molar-refractivity contribution is 6.24. The number of hydrogen-bond acceptors (Lipinski definition) is 2. The minimum absolute atomic E-state index is 0.137. The monoisotopic (exact) mass is 257 g/mol. The number of anilines is 1. The summed E-state index contributed by atoms with van der Waals surface area (Å²) < 4.78 is 5.83. The SMILES string of the molecule is C[SiH2]OC(C)c1ccccc1-c1ccccc1N. The molecule has 0 saturated carbocycles. The Hall–Kier alpha value is -1.58. The third kappa shape index (κ3) is 2.63. The molecule has 2 N–H and O–H groups in total. The van der Waals surface area contributed by atoms with E-state index in [-0.39, 0.29) is 6.10 Å². The second-order valence-electron chi connectivity index (χ2n) is 4.27. The molecule has 0 amide bonds. The number of nitrogens with two attached hydrogens (primary N) is 1. The van der Waals surface area contributed by atoms with Gasteiger partial charge in [0.2, 0.25) is 0 Å². The van der Waals surface area contributed by atoms with E-state index in [4.69, 9.17) is 10.2 Å². The molecule has 0 aliphatic carbocycles. The van der Waals surface area contributed by atoms with E-state index >= 15 is 0 Å². The Kier molecular flexibility index (Phi) is 4.18. The average molecular weight is 257 g/mol. The smallest absolute Gasteiger partial charge is 0.159 e. The molecule has 2 aromatic carbocycles. The normalized spacial score (nSPS) is 13.0. The molecule has 0 aliphatic heterocycles. The van der Waals surface area contributed by atoms with Crippen molar-refractivity contribution in [3.8, 4) is 11.1 Å².